The molecular formula is C20H22FN3O5. The number of pyridine rings is 1. The number of ether oxygens (including phenoxy) is 2. The number of carboxylic acid groups (broad SMARTS) is 1. The van der Waals surface area contributed by atoms with Gasteiger partial charge in [0.15, 0.2) is 17.3 Å². The van der Waals surface area contributed by atoms with Crippen LogP contribution < -0.4 is 25.5 Å². The van der Waals surface area contributed by atoms with Crippen molar-refractivity contribution >= 4 is 22.7 Å². The smallest absolute Gasteiger partial charge is 0.487 e. The maximum atomic E-state index is 15.3. The summed E-state index contributed by atoms with van der Waals surface area (Å²) >= 11 is 0. The molecular weight excluding hydrogens is 381 g/mol. The highest BCUT2D eigenvalue weighted by Gasteiger charge is 2.50. The Labute approximate surface area is 165 Å². The second-order valence-electron chi connectivity index (χ2n) is 8.39. The van der Waals surface area contributed by atoms with E-state index >= 15 is 4.39 Å². The van der Waals surface area contributed by atoms with E-state index in [4.69, 9.17) is 15.6 Å². The SMILES string of the molecule is C[C@H]1COc2c(N3CC(N)C4(CCC4)C3)c(F)cc3c(=O)c(OC(=O)O)cn1c23. The lowest BCUT2D eigenvalue weighted by atomic mass is 9.66. The first-order valence-corrected chi connectivity index (χ1v) is 9.76. The molecule has 2 aromatic rings. The summed E-state index contributed by atoms with van der Waals surface area (Å²) in [5, 5.41) is 8.95. The largest absolute Gasteiger partial charge is 0.511 e. The summed E-state index contributed by atoms with van der Waals surface area (Å²) < 4.78 is 27.6. The molecule has 3 N–H and O–H groups in total. The van der Waals surface area contributed by atoms with Gasteiger partial charge >= 0.3 is 6.16 Å². The van der Waals surface area contributed by atoms with E-state index in [1.807, 2.05) is 11.8 Å². The number of aromatic nitrogens is 1. The van der Waals surface area contributed by atoms with E-state index < -0.39 is 17.4 Å². The van der Waals surface area contributed by atoms with Gasteiger partial charge in [-0.2, -0.15) is 0 Å². The molecule has 3 aliphatic rings. The number of anilines is 1. The van der Waals surface area contributed by atoms with Crippen LogP contribution >= 0.6 is 0 Å². The van der Waals surface area contributed by atoms with E-state index in [1.165, 1.54) is 6.20 Å². The molecule has 1 aromatic carbocycles. The molecule has 154 valence electrons. The Morgan fingerprint density at radius 2 is 2.21 bits per heavy atom. The van der Waals surface area contributed by atoms with Crippen LogP contribution in [-0.4, -0.2) is 41.6 Å². The first kappa shape index (κ1) is 18.2. The zero-order valence-electron chi connectivity index (χ0n) is 16.0. The molecule has 29 heavy (non-hydrogen) atoms. The summed E-state index contributed by atoms with van der Waals surface area (Å²) in [6.45, 7) is 3.32. The van der Waals surface area contributed by atoms with Crippen LogP contribution in [0, 0.1) is 11.2 Å². The van der Waals surface area contributed by atoms with E-state index in [1.54, 1.807) is 4.57 Å². The van der Waals surface area contributed by atoms with Gasteiger partial charge in [0.1, 0.15) is 12.3 Å². The Kier molecular flexibility index (Phi) is 3.83. The number of hydrogen-bond donors (Lipinski definition) is 2. The maximum absolute atomic E-state index is 15.3. The van der Waals surface area contributed by atoms with Crippen LogP contribution in [-0.2, 0) is 0 Å². The Bertz CT molecular complexity index is 1090. The van der Waals surface area contributed by atoms with E-state index in [2.05, 4.69) is 4.74 Å². The van der Waals surface area contributed by atoms with E-state index in [0.717, 1.165) is 25.3 Å². The van der Waals surface area contributed by atoms with Gasteiger partial charge in [0.05, 0.1) is 23.1 Å². The molecule has 1 saturated heterocycles. The van der Waals surface area contributed by atoms with Gasteiger partial charge < -0.3 is 29.8 Å². The van der Waals surface area contributed by atoms with Gasteiger partial charge in [-0.3, -0.25) is 4.79 Å². The fourth-order valence-corrected chi connectivity index (χ4v) is 4.97. The molecule has 9 heteroatoms. The third kappa shape index (κ3) is 2.53. The maximum Gasteiger partial charge on any atom is 0.511 e. The Balaban J connectivity index is 1.71. The summed E-state index contributed by atoms with van der Waals surface area (Å²) in [4.78, 5) is 25.6. The molecule has 1 aromatic heterocycles. The molecule has 0 radical (unpaired) electrons. The van der Waals surface area contributed by atoms with E-state index in [0.29, 0.717) is 30.0 Å². The lowest BCUT2D eigenvalue weighted by Crippen LogP contribution is -2.45. The normalized spacial score (nSPS) is 24.4. The molecule has 0 amide bonds. The highest BCUT2D eigenvalue weighted by atomic mass is 19.1. The third-order valence-corrected chi connectivity index (χ3v) is 6.68. The van der Waals surface area contributed by atoms with Crippen LogP contribution in [0.4, 0.5) is 14.9 Å². The van der Waals surface area contributed by atoms with Crippen LogP contribution in [0.5, 0.6) is 11.5 Å². The van der Waals surface area contributed by atoms with Crippen molar-refractivity contribution in [2.75, 3.05) is 24.6 Å². The fraction of sp³-hybridized carbons (Fsp3) is 0.500. The van der Waals surface area contributed by atoms with Gasteiger partial charge in [-0.05, 0) is 25.8 Å². The Morgan fingerprint density at radius 1 is 1.45 bits per heavy atom. The highest BCUT2D eigenvalue weighted by Crippen LogP contribution is 2.51. The molecule has 2 fully saturated rings. The summed E-state index contributed by atoms with van der Waals surface area (Å²) in [6.07, 6.45) is 2.97. The fourth-order valence-electron chi connectivity index (χ4n) is 4.97. The van der Waals surface area contributed by atoms with Gasteiger partial charge in [-0.15, -0.1) is 0 Å². The van der Waals surface area contributed by atoms with Gasteiger partial charge in [-0.25, -0.2) is 9.18 Å². The standard InChI is InChI=1S/C20H22FN3O5/c1-10-8-28-18-15-11(17(25)13(6-24(10)15)29-19(26)27)5-12(21)16(18)23-7-14(22)20(9-23)3-2-4-20/h5-6,10,14H,2-4,7-9,22H2,1H3,(H,26,27)/t10-,14?/m0/s1. The average molecular weight is 403 g/mol. The molecule has 1 spiro atoms. The molecule has 5 rings (SSSR count). The average Bonchev–Trinajstić information content (AvgIpc) is 2.98. The van der Waals surface area contributed by atoms with Crippen LogP contribution in [0.2, 0.25) is 0 Å². The van der Waals surface area contributed by atoms with Gasteiger partial charge in [-0.1, -0.05) is 6.42 Å². The number of nitrogens with two attached hydrogens (primary N) is 1. The van der Waals surface area contributed by atoms with Crippen LogP contribution in [0.25, 0.3) is 10.9 Å². The Morgan fingerprint density at radius 3 is 2.83 bits per heavy atom. The molecule has 2 atom stereocenters. The minimum Gasteiger partial charge on any atom is -0.487 e. The third-order valence-electron chi connectivity index (χ3n) is 6.68. The second-order valence-corrected chi connectivity index (χ2v) is 8.39. The molecule has 3 heterocycles. The Hall–Kier alpha value is -2.81. The molecule has 1 unspecified atom stereocenters. The topological polar surface area (TPSA) is 107 Å². The lowest BCUT2D eigenvalue weighted by Gasteiger charge is -2.41. The van der Waals surface area contributed by atoms with Gasteiger partial charge in [0.2, 0.25) is 5.43 Å². The second kappa shape index (κ2) is 6.09. The first-order valence-electron chi connectivity index (χ1n) is 9.76. The summed E-state index contributed by atoms with van der Waals surface area (Å²) in [6, 6.07) is 0.939. The number of hydrogen-bond acceptors (Lipinski definition) is 6. The molecule has 0 bridgehead atoms. The minimum absolute atomic E-state index is 0.0227. The van der Waals surface area contributed by atoms with Crippen molar-refractivity contribution in [3.63, 3.8) is 0 Å². The van der Waals surface area contributed by atoms with Crippen LogP contribution in [0.1, 0.15) is 32.2 Å². The van der Waals surface area contributed by atoms with Crippen molar-refractivity contribution < 1.29 is 23.8 Å². The van der Waals surface area contributed by atoms with Crippen molar-refractivity contribution in [3.8, 4) is 11.5 Å². The number of rotatable bonds is 2. The minimum atomic E-state index is -1.59. The number of benzene rings is 1. The summed E-state index contributed by atoms with van der Waals surface area (Å²) in [5.41, 5.74) is 6.49. The zero-order valence-corrected chi connectivity index (χ0v) is 16.0. The number of halogens is 1. The molecule has 1 aliphatic carbocycles. The predicted molar refractivity (Wildman–Crippen MR) is 103 cm³/mol. The number of carbonyl (C=O) groups is 1. The summed E-state index contributed by atoms with van der Waals surface area (Å²) in [5.74, 6) is -0.629. The monoisotopic (exact) mass is 403 g/mol. The van der Waals surface area contributed by atoms with E-state index in [9.17, 15) is 9.59 Å². The van der Waals surface area contributed by atoms with Crippen LogP contribution in [0.15, 0.2) is 17.1 Å². The van der Waals surface area contributed by atoms with Crippen molar-refractivity contribution in [1.82, 2.24) is 4.57 Å². The van der Waals surface area contributed by atoms with Crippen molar-refractivity contribution in [1.29, 1.82) is 0 Å². The molecule has 1 saturated carbocycles. The zero-order chi connectivity index (χ0) is 20.5. The lowest BCUT2D eigenvalue weighted by molar-refractivity contribution is 0.141. The van der Waals surface area contributed by atoms with Crippen molar-refractivity contribution in [3.05, 3.63) is 28.3 Å². The first-order chi connectivity index (χ1) is 13.8. The molecule has 8 nitrogen and oxygen atoms in total. The van der Waals surface area contributed by atoms with Crippen molar-refractivity contribution in [2.24, 2.45) is 11.1 Å². The number of nitrogens with zero attached hydrogens (tertiary/aromatic N) is 2. The highest BCUT2D eigenvalue weighted by molar-refractivity contribution is 5.93. The molecule has 2 aliphatic heterocycles. The quantitative estimate of drug-likeness (QED) is 0.742. The van der Waals surface area contributed by atoms with Gasteiger partial charge in [0.25, 0.3) is 0 Å². The van der Waals surface area contributed by atoms with Crippen LogP contribution in [0.3, 0.4) is 0 Å². The van der Waals surface area contributed by atoms with Gasteiger partial charge in [0, 0.05) is 24.5 Å². The summed E-state index contributed by atoms with van der Waals surface area (Å²) in [7, 11) is 0. The predicted octanol–water partition coefficient (Wildman–Crippen LogP) is 2.47. The van der Waals surface area contributed by atoms with Crippen molar-refractivity contribution in [2.45, 2.75) is 38.3 Å². The van der Waals surface area contributed by atoms with E-state index in [-0.39, 0.29) is 35.2 Å².